The van der Waals surface area contributed by atoms with Crippen molar-refractivity contribution in [2.24, 2.45) is 0 Å². The van der Waals surface area contributed by atoms with Crippen molar-refractivity contribution in [1.29, 1.82) is 0 Å². The quantitative estimate of drug-likeness (QED) is 0.585. The molecule has 1 N–H and O–H groups in total. The van der Waals surface area contributed by atoms with Gasteiger partial charge in [0.2, 0.25) is 0 Å². The minimum Gasteiger partial charge on any atom is -0.452 e. The van der Waals surface area contributed by atoms with E-state index < -0.39 is 5.97 Å². The molecule has 2 aromatic rings. The van der Waals surface area contributed by atoms with Crippen molar-refractivity contribution in [3.05, 3.63) is 65.2 Å². The molecule has 138 valence electrons. The van der Waals surface area contributed by atoms with E-state index in [1.165, 1.54) is 0 Å². The van der Waals surface area contributed by atoms with Crippen molar-refractivity contribution in [2.45, 2.75) is 20.3 Å². The summed E-state index contributed by atoms with van der Waals surface area (Å²) in [5, 5.41) is 2.78. The largest absolute Gasteiger partial charge is 0.452 e. The summed E-state index contributed by atoms with van der Waals surface area (Å²) in [5.41, 5.74) is 3.56. The van der Waals surface area contributed by atoms with Crippen molar-refractivity contribution in [3.8, 4) is 0 Å². The second kappa shape index (κ2) is 9.61. The second-order valence-electron chi connectivity index (χ2n) is 6.36. The van der Waals surface area contributed by atoms with Gasteiger partial charge in [0.25, 0.3) is 5.91 Å². The third kappa shape index (κ3) is 5.92. The van der Waals surface area contributed by atoms with E-state index in [9.17, 15) is 9.59 Å². The highest BCUT2D eigenvalue weighted by Gasteiger charge is 2.12. The van der Waals surface area contributed by atoms with Crippen LogP contribution in [0.2, 0.25) is 0 Å². The number of hydrogen-bond acceptors (Lipinski definition) is 4. The van der Waals surface area contributed by atoms with Gasteiger partial charge in [-0.25, -0.2) is 4.79 Å². The molecule has 0 spiro atoms. The van der Waals surface area contributed by atoms with Crippen LogP contribution < -0.4 is 10.2 Å². The first-order chi connectivity index (χ1) is 12.5. The SMILES string of the molecule is Cc1ccc(C(=O)OCC(=O)NCCCN(C)c2ccccc2)c(C)c1. The van der Waals surface area contributed by atoms with Gasteiger partial charge >= 0.3 is 5.97 Å². The molecule has 0 saturated carbocycles. The number of anilines is 1. The van der Waals surface area contributed by atoms with Gasteiger partial charge in [-0.2, -0.15) is 0 Å². The molecule has 0 saturated heterocycles. The van der Waals surface area contributed by atoms with Crippen LogP contribution in [0.15, 0.2) is 48.5 Å². The Hall–Kier alpha value is -2.82. The number of carbonyl (C=O) groups excluding carboxylic acids is 2. The molecule has 26 heavy (non-hydrogen) atoms. The third-order valence-corrected chi connectivity index (χ3v) is 4.13. The molecular formula is C21H26N2O3. The molecule has 0 aliphatic rings. The molecule has 5 nitrogen and oxygen atoms in total. The van der Waals surface area contributed by atoms with Crippen LogP contribution in [0.4, 0.5) is 5.69 Å². The molecule has 0 atom stereocenters. The molecule has 0 unspecified atom stereocenters. The van der Waals surface area contributed by atoms with Crippen LogP contribution in [0.25, 0.3) is 0 Å². The van der Waals surface area contributed by atoms with Crippen molar-refractivity contribution >= 4 is 17.6 Å². The Bertz CT molecular complexity index is 744. The lowest BCUT2D eigenvalue weighted by Gasteiger charge is -2.19. The minimum atomic E-state index is -0.471. The Morgan fingerprint density at radius 2 is 1.81 bits per heavy atom. The number of para-hydroxylation sites is 1. The Labute approximate surface area is 155 Å². The monoisotopic (exact) mass is 354 g/mol. The molecule has 5 heteroatoms. The Morgan fingerprint density at radius 3 is 2.50 bits per heavy atom. The first kappa shape index (κ1) is 19.5. The number of aryl methyl sites for hydroxylation is 2. The second-order valence-corrected chi connectivity index (χ2v) is 6.36. The zero-order chi connectivity index (χ0) is 18.9. The average molecular weight is 354 g/mol. The summed E-state index contributed by atoms with van der Waals surface area (Å²) in [6.45, 7) is 4.92. The Balaban J connectivity index is 1.66. The Morgan fingerprint density at radius 1 is 1.08 bits per heavy atom. The van der Waals surface area contributed by atoms with Crippen LogP contribution in [0.3, 0.4) is 0 Å². The summed E-state index contributed by atoms with van der Waals surface area (Å²) in [5.74, 6) is -0.757. The number of nitrogens with zero attached hydrogens (tertiary/aromatic N) is 1. The molecule has 0 aliphatic carbocycles. The Kier molecular flexibility index (Phi) is 7.21. The van der Waals surface area contributed by atoms with Gasteiger partial charge in [0, 0.05) is 25.8 Å². The summed E-state index contributed by atoms with van der Waals surface area (Å²) >= 11 is 0. The molecular weight excluding hydrogens is 328 g/mol. The van der Waals surface area contributed by atoms with Gasteiger partial charge in [0.1, 0.15) is 0 Å². The van der Waals surface area contributed by atoms with Crippen molar-refractivity contribution in [3.63, 3.8) is 0 Å². The molecule has 2 rings (SSSR count). The molecule has 0 aromatic heterocycles. The predicted octanol–water partition coefficient (Wildman–Crippen LogP) is 3.10. The first-order valence-electron chi connectivity index (χ1n) is 8.74. The lowest BCUT2D eigenvalue weighted by molar-refractivity contribution is -0.124. The lowest BCUT2D eigenvalue weighted by atomic mass is 10.1. The normalized spacial score (nSPS) is 10.3. The van der Waals surface area contributed by atoms with Crippen LogP contribution in [0.1, 0.15) is 27.9 Å². The summed E-state index contributed by atoms with van der Waals surface area (Å²) in [6.07, 6.45) is 0.808. The highest BCUT2D eigenvalue weighted by molar-refractivity contribution is 5.92. The van der Waals surface area contributed by atoms with Crippen molar-refractivity contribution in [2.75, 3.05) is 31.6 Å². The topological polar surface area (TPSA) is 58.6 Å². The predicted molar refractivity (Wildman–Crippen MR) is 104 cm³/mol. The number of hydrogen-bond donors (Lipinski definition) is 1. The zero-order valence-electron chi connectivity index (χ0n) is 15.6. The van der Waals surface area contributed by atoms with E-state index in [1.807, 2.05) is 63.4 Å². The maximum absolute atomic E-state index is 12.0. The molecule has 2 aromatic carbocycles. The lowest BCUT2D eigenvalue weighted by Crippen LogP contribution is -2.31. The van der Waals surface area contributed by atoms with Gasteiger partial charge in [-0.3, -0.25) is 4.79 Å². The average Bonchev–Trinajstić information content (AvgIpc) is 2.63. The molecule has 0 aliphatic heterocycles. The number of esters is 1. The summed E-state index contributed by atoms with van der Waals surface area (Å²) in [7, 11) is 2.02. The number of rotatable bonds is 8. The fraction of sp³-hybridized carbons (Fsp3) is 0.333. The fourth-order valence-corrected chi connectivity index (χ4v) is 2.66. The van der Waals surface area contributed by atoms with E-state index in [-0.39, 0.29) is 12.5 Å². The van der Waals surface area contributed by atoms with Crippen molar-refractivity contribution < 1.29 is 14.3 Å². The highest BCUT2D eigenvalue weighted by atomic mass is 16.5. The smallest absolute Gasteiger partial charge is 0.338 e. The summed E-state index contributed by atoms with van der Waals surface area (Å²) in [6, 6.07) is 15.6. The van der Waals surface area contributed by atoms with E-state index >= 15 is 0 Å². The molecule has 0 radical (unpaired) electrons. The van der Waals surface area contributed by atoms with Gasteiger partial charge in [-0.05, 0) is 44.0 Å². The van der Waals surface area contributed by atoms with E-state index in [4.69, 9.17) is 4.74 Å². The summed E-state index contributed by atoms with van der Waals surface area (Å²) in [4.78, 5) is 26.0. The van der Waals surface area contributed by atoms with E-state index in [1.54, 1.807) is 6.07 Å². The minimum absolute atomic E-state index is 0.263. The molecule has 1 amide bonds. The highest BCUT2D eigenvalue weighted by Crippen LogP contribution is 2.12. The number of benzene rings is 2. The van der Waals surface area contributed by atoms with Crippen LogP contribution in [0, 0.1) is 13.8 Å². The number of amides is 1. The standard InChI is InChI=1S/C21H26N2O3/c1-16-10-11-19(17(2)14-16)21(25)26-15-20(24)22-12-7-13-23(3)18-8-5-4-6-9-18/h4-6,8-11,14H,7,12-13,15H2,1-3H3,(H,22,24). The maximum atomic E-state index is 12.0. The number of carbonyl (C=O) groups is 2. The fourth-order valence-electron chi connectivity index (χ4n) is 2.66. The molecule has 0 bridgehead atoms. The van der Waals surface area contributed by atoms with Gasteiger partial charge in [-0.1, -0.05) is 35.9 Å². The van der Waals surface area contributed by atoms with E-state index in [0.717, 1.165) is 29.8 Å². The molecule has 0 heterocycles. The van der Waals surface area contributed by atoms with Crippen molar-refractivity contribution in [1.82, 2.24) is 5.32 Å². The van der Waals surface area contributed by atoms with Crippen LogP contribution >= 0.6 is 0 Å². The van der Waals surface area contributed by atoms with Gasteiger partial charge < -0.3 is 15.0 Å². The van der Waals surface area contributed by atoms with E-state index in [2.05, 4.69) is 10.2 Å². The van der Waals surface area contributed by atoms with Crippen LogP contribution in [-0.4, -0.2) is 38.6 Å². The van der Waals surface area contributed by atoms with Gasteiger partial charge in [-0.15, -0.1) is 0 Å². The maximum Gasteiger partial charge on any atom is 0.338 e. The zero-order valence-corrected chi connectivity index (χ0v) is 15.6. The van der Waals surface area contributed by atoms with Gasteiger partial charge in [0.05, 0.1) is 5.56 Å². The number of ether oxygens (including phenoxy) is 1. The first-order valence-corrected chi connectivity index (χ1v) is 8.74. The van der Waals surface area contributed by atoms with Gasteiger partial charge in [0.15, 0.2) is 6.61 Å². The van der Waals surface area contributed by atoms with Crippen LogP contribution in [0.5, 0.6) is 0 Å². The third-order valence-electron chi connectivity index (χ3n) is 4.13. The van der Waals surface area contributed by atoms with E-state index in [0.29, 0.717) is 12.1 Å². The number of nitrogens with one attached hydrogen (secondary N) is 1. The summed E-state index contributed by atoms with van der Waals surface area (Å²) < 4.78 is 5.10. The molecule has 0 fully saturated rings. The van der Waals surface area contributed by atoms with Crippen LogP contribution in [-0.2, 0) is 9.53 Å².